The number of benzene rings is 2. The van der Waals surface area contributed by atoms with E-state index in [-0.39, 0.29) is 5.91 Å². The molecule has 2 aromatic rings. The Labute approximate surface area is 113 Å². The third-order valence-electron chi connectivity index (χ3n) is 2.41. The van der Waals surface area contributed by atoms with Gasteiger partial charge in [-0.3, -0.25) is 4.79 Å². The van der Waals surface area contributed by atoms with E-state index in [1.54, 1.807) is 42.5 Å². The fourth-order valence-corrected chi connectivity index (χ4v) is 1.87. The minimum absolute atomic E-state index is 0.209. The van der Waals surface area contributed by atoms with Gasteiger partial charge in [0, 0.05) is 27.1 Å². The summed E-state index contributed by atoms with van der Waals surface area (Å²) in [5.74, 6) is -0.209. The molecule has 0 atom stereocenters. The van der Waals surface area contributed by atoms with Crippen molar-refractivity contribution in [3.8, 4) is 0 Å². The lowest BCUT2D eigenvalue weighted by Crippen LogP contribution is -2.12. The highest BCUT2D eigenvalue weighted by atomic mass is 79.9. The molecule has 5 heteroatoms. The maximum atomic E-state index is 11.9. The molecule has 0 spiro atoms. The van der Waals surface area contributed by atoms with Crippen molar-refractivity contribution >= 4 is 38.9 Å². The first kappa shape index (κ1) is 12.4. The highest BCUT2D eigenvalue weighted by Crippen LogP contribution is 2.23. The Bertz CT molecular complexity index is 599. The molecule has 0 heterocycles. The predicted molar refractivity (Wildman–Crippen MR) is 77.4 cm³/mol. The number of nitrogens with two attached hydrogens (primary N) is 2. The van der Waals surface area contributed by atoms with E-state index in [9.17, 15) is 4.79 Å². The smallest absolute Gasteiger partial charge is 0.255 e. The number of hydrogen-bond donors (Lipinski definition) is 3. The molecule has 5 N–H and O–H groups in total. The largest absolute Gasteiger partial charge is 0.399 e. The van der Waals surface area contributed by atoms with Crippen molar-refractivity contribution in [2.45, 2.75) is 0 Å². The lowest BCUT2D eigenvalue weighted by molar-refractivity contribution is 0.102. The highest BCUT2D eigenvalue weighted by molar-refractivity contribution is 9.10. The summed E-state index contributed by atoms with van der Waals surface area (Å²) in [4.78, 5) is 11.9. The van der Waals surface area contributed by atoms with Crippen LogP contribution >= 0.6 is 15.9 Å². The van der Waals surface area contributed by atoms with Gasteiger partial charge in [-0.2, -0.15) is 0 Å². The summed E-state index contributed by atoms with van der Waals surface area (Å²) in [6.45, 7) is 0. The Morgan fingerprint density at radius 1 is 1.11 bits per heavy atom. The number of anilines is 3. The second kappa shape index (κ2) is 5.10. The zero-order chi connectivity index (χ0) is 13.1. The number of rotatable bonds is 2. The van der Waals surface area contributed by atoms with Gasteiger partial charge >= 0.3 is 0 Å². The number of carbonyl (C=O) groups is 1. The lowest BCUT2D eigenvalue weighted by atomic mass is 10.2. The van der Waals surface area contributed by atoms with Gasteiger partial charge in [-0.15, -0.1) is 0 Å². The summed E-state index contributed by atoms with van der Waals surface area (Å²) in [6, 6.07) is 12.0. The molecule has 0 saturated heterocycles. The summed E-state index contributed by atoms with van der Waals surface area (Å²) in [6.07, 6.45) is 0. The first-order valence-electron chi connectivity index (χ1n) is 5.28. The maximum absolute atomic E-state index is 11.9. The van der Waals surface area contributed by atoms with Crippen molar-refractivity contribution in [1.29, 1.82) is 0 Å². The molecule has 0 radical (unpaired) electrons. The number of halogens is 1. The van der Waals surface area contributed by atoms with Crippen LogP contribution in [0.25, 0.3) is 0 Å². The summed E-state index contributed by atoms with van der Waals surface area (Å²) in [5, 5.41) is 2.77. The molecule has 0 aromatic heterocycles. The van der Waals surface area contributed by atoms with Gasteiger partial charge in [0.2, 0.25) is 0 Å². The second-order valence-corrected chi connectivity index (χ2v) is 4.67. The first-order valence-corrected chi connectivity index (χ1v) is 6.07. The van der Waals surface area contributed by atoms with Crippen molar-refractivity contribution < 1.29 is 4.79 Å². The molecule has 0 saturated carbocycles. The van der Waals surface area contributed by atoms with Gasteiger partial charge in [-0.05, 0) is 52.3 Å². The van der Waals surface area contributed by atoms with Gasteiger partial charge in [0.1, 0.15) is 0 Å². The van der Waals surface area contributed by atoms with E-state index in [1.165, 1.54) is 0 Å². The van der Waals surface area contributed by atoms with Crippen LogP contribution in [0, 0.1) is 0 Å². The molecule has 2 aromatic carbocycles. The Hall–Kier alpha value is -2.01. The topological polar surface area (TPSA) is 81.1 Å². The SMILES string of the molecule is Nc1cccc(C(=O)Nc2ccc(N)c(Br)c2)c1. The van der Waals surface area contributed by atoms with E-state index in [1.807, 2.05) is 0 Å². The normalized spacial score (nSPS) is 10.1. The van der Waals surface area contributed by atoms with Crippen molar-refractivity contribution in [2.24, 2.45) is 0 Å². The predicted octanol–water partition coefficient (Wildman–Crippen LogP) is 2.87. The summed E-state index contributed by atoms with van der Waals surface area (Å²) >= 11 is 3.31. The van der Waals surface area contributed by atoms with Crippen molar-refractivity contribution in [3.05, 3.63) is 52.5 Å². The maximum Gasteiger partial charge on any atom is 0.255 e. The number of hydrogen-bond acceptors (Lipinski definition) is 3. The van der Waals surface area contributed by atoms with Crippen molar-refractivity contribution in [2.75, 3.05) is 16.8 Å². The molecule has 1 amide bonds. The van der Waals surface area contributed by atoms with Crippen LogP contribution in [0.1, 0.15) is 10.4 Å². The zero-order valence-electron chi connectivity index (χ0n) is 9.48. The molecule has 4 nitrogen and oxygen atoms in total. The number of carbonyl (C=O) groups excluding carboxylic acids is 1. The minimum atomic E-state index is -0.209. The minimum Gasteiger partial charge on any atom is -0.399 e. The van der Waals surface area contributed by atoms with Gasteiger partial charge in [0.15, 0.2) is 0 Å². The number of nitrogens with one attached hydrogen (secondary N) is 1. The standard InChI is InChI=1S/C13H12BrN3O/c14-11-7-10(4-5-12(11)16)17-13(18)8-2-1-3-9(15)6-8/h1-7H,15-16H2,(H,17,18). The number of amides is 1. The Morgan fingerprint density at radius 3 is 2.56 bits per heavy atom. The molecule has 0 aliphatic rings. The van der Waals surface area contributed by atoms with Gasteiger partial charge in [-0.1, -0.05) is 6.07 Å². The molecular formula is C13H12BrN3O. The lowest BCUT2D eigenvalue weighted by Gasteiger charge is -2.07. The quantitative estimate of drug-likeness (QED) is 0.746. The van der Waals surface area contributed by atoms with Crippen LogP contribution in [0.15, 0.2) is 46.9 Å². The van der Waals surface area contributed by atoms with Crippen LogP contribution in [-0.4, -0.2) is 5.91 Å². The van der Waals surface area contributed by atoms with E-state index in [2.05, 4.69) is 21.2 Å². The van der Waals surface area contributed by atoms with Crippen LogP contribution < -0.4 is 16.8 Å². The summed E-state index contributed by atoms with van der Waals surface area (Å²) in [5.41, 5.74) is 13.7. The van der Waals surface area contributed by atoms with Crippen molar-refractivity contribution in [3.63, 3.8) is 0 Å². The van der Waals surface area contributed by atoms with Crippen LogP contribution in [-0.2, 0) is 0 Å². The third-order valence-corrected chi connectivity index (χ3v) is 3.09. The summed E-state index contributed by atoms with van der Waals surface area (Å²) < 4.78 is 0.743. The highest BCUT2D eigenvalue weighted by Gasteiger charge is 2.07. The molecule has 0 aliphatic carbocycles. The Morgan fingerprint density at radius 2 is 1.89 bits per heavy atom. The molecule has 92 valence electrons. The van der Waals surface area contributed by atoms with E-state index >= 15 is 0 Å². The Balaban J connectivity index is 2.18. The van der Waals surface area contributed by atoms with Gasteiger partial charge in [0.05, 0.1) is 0 Å². The fraction of sp³-hybridized carbons (Fsp3) is 0. The van der Waals surface area contributed by atoms with E-state index < -0.39 is 0 Å². The van der Waals surface area contributed by atoms with Crippen LogP contribution in [0.5, 0.6) is 0 Å². The molecule has 0 aliphatic heterocycles. The summed E-state index contributed by atoms with van der Waals surface area (Å²) in [7, 11) is 0. The van der Waals surface area contributed by atoms with Crippen LogP contribution in [0.3, 0.4) is 0 Å². The van der Waals surface area contributed by atoms with E-state index in [0.29, 0.717) is 22.6 Å². The van der Waals surface area contributed by atoms with E-state index in [4.69, 9.17) is 11.5 Å². The second-order valence-electron chi connectivity index (χ2n) is 3.82. The molecule has 0 fully saturated rings. The van der Waals surface area contributed by atoms with Gasteiger partial charge in [-0.25, -0.2) is 0 Å². The van der Waals surface area contributed by atoms with Crippen molar-refractivity contribution in [1.82, 2.24) is 0 Å². The molecule has 2 rings (SSSR count). The monoisotopic (exact) mass is 305 g/mol. The molecule has 18 heavy (non-hydrogen) atoms. The molecular weight excluding hydrogens is 294 g/mol. The fourth-order valence-electron chi connectivity index (χ4n) is 1.49. The van der Waals surface area contributed by atoms with E-state index in [0.717, 1.165) is 4.47 Å². The Kier molecular flexibility index (Phi) is 3.53. The average molecular weight is 306 g/mol. The zero-order valence-corrected chi connectivity index (χ0v) is 11.1. The number of nitrogen functional groups attached to an aromatic ring is 2. The third kappa shape index (κ3) is 2.81. The molecule has 0 unspecified atom stereocenters. The van der Waals surface area contributed by atoms with Crippen LogP contribution in [0.4, 0.5) is 17.1 Å². The molecule has 0 bridgehead atoms. The van der Waals surface area contributed by atoms with Gasteiger partial charge in [0.25, 0.3) is 5.91 Å². The average Bonchev–Trinajstić information content (AvgIpc) is 2.34. The van der Waals surface area contributed by atoms with Gasteiger partial charge < -0.3 is 16.8 Å². The van der Waals surface area contributed by atoms with Crippen LogP contribution in [0.2, 0.25) is 0 Å². The first-order chi connectivity index (χ1) is 8.56.